The number of hydrogen-bond donors (Lipinski definition) is 1. The lowest BCUT2D eigenvalue weighted by molar-refractivity contribution is -0.386. The molecule has 0 atom stereocenters. The van der Waals surface area contributed by atoms with Gasteiger partial charge in [-0.3, -0.25) is 24.5 Å². The third-order valence-electron chi connectivity index (χ3n) is 5.19. The third kappa shape index (κ3) is 4.95. The number of carbonyl (C=O) groups excluding carboxylic acids is 1. The summed E-state index contributed by atoms with van der Waals surface area (Å²) in [6, 6.07) is 8.29. The van der Waals surface area contributed by atoms with Crippen LogP contribution in [0.2, 0.25) is 0 Å². The number of nitro groups is 1. The third-order valence-corrected chi connectivity index (χ3v) is 5.19. The lowest BCUT2D eigenvalue weighted by Crippen LogP contribution is -2.29. The molecule has 8 heteroatoms. The van der Waals surface area contributed by atoms with Crippen LogP contribution in [0.1, 0.15) is 41.8 Å². The van der Waals surface area contributed by atoms with E-state index < -0.39 is 4.92 Å². The molecule has 2 aromatic rings. The fraction of sp³-hybridized carbons (Fsp3) is 0.500. The van der Waals surface area contributed by atoms with Crippen LogP contribution in [-0.4, -0.2) is 38.6 Å². The number of hydrogen-bond acceptors (Lipinski definition) is 5. The van der Waals surface area contributed by atoms with Gasteiger partial charge in [0.1, 0.15) is 17.9 Å². The normalized spacial score (nSPS) is 14.8. The first-order valence-electron chi connectivity index (χ1n) is 9.69. The number of carbonyl (C=O) groups is 1. The zero-order valence-electron chi connectivity index (χ0n) is 16.5. The van der Waals surface area contributed by atoms with Crippen molar-refractivity contribution in [1.82, 2.24) is 20.0 Å². The molecule has 0 spiro atoms. The summed E-state index contributed by atoms with van der Waals surface area (Å²) in [6.07, 6.45) is 3.89. The van der Waals surface area contributed by atoms with Crippen molar-refractivity contribution in [3.63, 3.8) is 0 Å². The topological polar surface area (TPSA) is 93.3 Å². The minimum Gasteiger partial charge on any atom is -0.350 e. The Kier molecular flexibility index (Phi) is 6.41. The van der Waals surface area contributed by atoms with E-state index in [1.54, 1.807) is 13.8 Å². The summed E-state index contributed by atoms with van der Waals surface area (Å²) in [4.78, 5) is 25.3. The van der Waals surface area contributed by atoms with Crippen LogP contribution < -0.4 is 5.32 Å². The number of aromatic nitrogens is 2. The number of aryl methyl sites for hydroxylation is 1. The molecule has 1 N–H and O–H groups in total. The molecule has 0 saturated carbocycles. The maximum absolute atomic E-state index is 12.2. The van der Waals surface area contributed by atoms with Gasteiger partial charge in [-0.1, -0.05) is 30.7 Å². The van der Waals surface area contributed by atoms with E-state index in [-0.39, 0.29) is 18.1 Å². The van der Waals surface area contributed by atoms with Gasteiger partial charge in [0.15, 0.2) is 0 Å². The van der Waals surface area contributed by atoms with Crippen molar-refractivity contribution in [2.45, 2.75) is 52.7 Å². The van der Waals surface area contributed by atoms with Crippen molar-refractivity contribution in [3.05, 3.63) is 56.9 Å². The molecule has 150 valence electrons. The molecular weight excluding hydrogens is 358 g/mol. The van der Waals surface area contributed by atoms with Crippen molar-refractivity contribution in [2.75, 3.05) is 13.1 Å². The van der Waals surface area contributed by atoms with Crippen LogP contribution in [-0.2, 0) is 24.4 Å². The summed E-state index contributed by atoms with van der Waals surface area (Å²) in [6.45, 7) is 6.88. The van der Waals surface area contributed by atoms with Gasteiger partial charge < -0.3 is 5.32 Å². The molecule has 8 nitrogen and oxygen atoms in total. The lowest BCUT2D eigenvalue weighted by Gasteiger charge is -2.26. The summed E-state index contributed by atoms with van der Waals surface area (Å²) in [7, 11) is 0. The minimum absolute atomic E-state index is 0.0305. The molecule has 0 unspecified atom stereocenters. The SMILES string of the molecule is Cc1nn(CC(=O)NCc2ccc(CN3CCCCC3)cc2)c(C)c1[N+](=O)[O-]. The van der Waals surface area contributed by atoms with Gasteiger partial charge in [-0.15, -0.1) is 0 Å². The first kappa shape index (κ1) is 20.0. The monoisotopic (exact) mass is 385 g/mol. The molecule has 1 aliphatic heterocycles. The van der Waals surface area contributed by atoms with Crippen LogP contribution in [0, 0.1) is 24.0 Å². The molecule has 0 bridgehead atoms. The fourth-order valence-corrected chi connectivity index (χ4v) is 3.64. The predicted octanol–water partition coefficient (Wildman–Crippen LogP) is 2.71. The van der Waals surface area contributed by atoms with Gasteiger partial charge >= 0.3 is 5.69 Å². The Morgan fingerprint density at radius 1 is 1.14 bits per heavy atom. The molecule has 0 radical (unpaired) electrons. The average Bonchev–Trinajstić information content (AvgIpc) is 2.95. The van der Waals surface area contributed by atoms with Crippen LogP contribution in [0.5, 0.6) is 0 Å². The lowest BCUT2D eigenvalue weighted by atomic mass is 10.1. The van der Waals surface area contributed by atoms with Crippen molar-refractivity contribution in [1.29, 1.82) is 0 Å². The maximum Gasteiger partial charge on any atom is 0.312 e. The molecule has 1 aromatic heterocycles. The summed E-state index contributed by atoms with van der Waals surface area (Å²) < 4.78 is 1.38. The fourth-order valence-electron chi connectivity index (χ4n) is 3.64. The Morgan fingerprint density at radius 3 is 2.39 bits per heavy atom. The van der Waals surface area contributed by atoms with Crippen LogP contribution in [0.3, 0.4) is 0 Å². The highest BCUT2D eigenvalue weighted by Crippen LogP contribution is 2.21. The number of piperidine rings is 1. The van der Waals surface area contributed by atoms with Gasteiger partial charge in [0.2, 0.25) is 5.91 Å². The molecular formula is C20H27N5O3. The molecule has 2 heterocycles. The number of rotatable bonds is 7. The van der Waals surface area contributed by atoms with Crippen molar-refractivity contribution >= 4 is 11.6 Å². The average molecular weight is 385 g/mol. The highest BCUT2D eigenvalue weighted by Gasteiger charge is 2.22. The summed E-state index contributed by atoms with van der Waals surface area (Å²) in [5.74, 6) is -0.224. The Morgan fingerprint density at radius 2 is 1.79 bits per heavy atom. The Labute approximate surface area is 164 Å². The zero-order chi connectivity index (χ0) is 20.1. The number of benzene rings is 1. The second kappa shape index (κ2) is 8.97. The van der Waals surface area contributed by atoms with E-state index in [1.165, 1.54) is 42.6 Å². The van der Waals surface area contributed by atoms with Gasteiger partial charge in [-0.25, -0.2) is 0 Å². The Balaban J connectivity index is 1.50. The Bertz CT molecular complexity index is 838. The highest BCUT2D eigenvalue weighted by atomic mass is 16.6. The molecule has 0 aliphatic carbocycles. The van der Waals surface area contributed by atoms with E-state index in [4.69, 9.17) is 0 Å². The van der Waals surface area contributed by atoms with E-state index in [1.807, 2.05) is 12.1 Å². The molecule has 1 saturated heterocycles. The van der Waals surface area contributed by atoms with Crippen LogP contribution in [0.25, 0.3) is 0 Å². The smallest absolute Gasteiger partial charge is 0.312 e. The highest BCUT2D eigenvalue weighted by molar-refractivity contribution is 5.75. The number of nitrogens with one attached hydrogen (secondary N) is 1. The number of nitrogens with zero attached hydrogens (tertiary/aromatic N) is 4. The largest absolute Gasteiger partial charge is 0.350 e. The van der Waals surface area contributed by atoms with Crippen molar-refractivity contribution < 1.29 is 9.72 Å². The second-order valence-corrected chi connectivity index (χ2v) is 7.36. The maximum atomic E-state index is 12.2. The summed E-state index contributed by atoms with van der Waals surface area (Å²) in [5.41, 5.74) is 2.98. The Hall–Kier alpha value is -2.74. The first-order chi connectivity index (χ1) is 13.4. The van der Waals surface area contributed by atoms with Crippen LogP contribution in [0.4, 0.5) is 5.69 Å². The predicted molar refractivity (Wildman–Crippen MR) is 106 cm³/mol. The second-order valence-electron chi connectivity index (χ2n) is 7.36. The van der Waals surface area contributed by atoms with Gasteiger partial charge in [0, 0.05) is 13.1 Å². The van der Waals surface area contributed by atoms with E-state index >= 15 is 0 Å². The van der Waals surface area contributed by atoms with E-state index in [0.717, 1.165) is 12.1 Å². The summed E-state index contributed by atoms with van der Waals surface area (Å²) >= 11 is 0. The number of amides is 1. The van der Waals surface area contributed by atoms with Crippen LogP contribution >= 0.6 is 0 Å². The summed E-state index contributed by atoms with van der Waals surface area (Å²) in [5, 5.41) is 18.0. The van der Waals surface area contributed by atoms with Gasteiger partial charge in [0.25, 0.3) is 0 Å². The van der Waals surface area contributed by atoms with Crippen LogP contribution in [0.15, 0.2) is 24.3 Å². The standard InChI is InChI=1S/C20H27N5O3/c1-15-20(25(27)28)16(2)24(22-15)14-19(26)21-12-17-6-8-18(9-7-17)13-23-10-4-3-5-11-23/h6-9H,3-5,10-14H2,1-2H3,(H,21,26). The van der Waals surface area contributed by atoms with E-state index in [2.05, 4.69) is 27.4 Å². The first-order valence-corrected chi connectivity index (χ1v) is 9.69. The quantitative estimate of drug-likeness (QED) is 0.584. The molecule has 1 aromatic carbocycles. The molecule has 1 amide bonds. The van der Waals surface area contributed by atoms with Gasteiger partial charge in [-0.05, 0) is 50.9 Å². The van der Waals surface area contributed by atoms with E-state index in [0.29, 0.717) is 17.9 Å². The van der Waals surface area contributed by atoms with Gasteiger partial charge in [0.05, 0.1) is 4.92 Å². The minimum atomic E-state index is -0.461. The molecule has 1 aliphatic rings. The molecule has 3 rings (SSSR count). The van der Waals surface area contributed by atoms with Crippen molar-refractivity contribution in [3.8, 4) is 0 Å². The van der Waals surface area contributed by atoms with Gasteiger partial charge in [-0.2, -0.15) is 5.10 Å². The van der Waals surface area contributed by atoms with E-state index in [9.17, 15) is 14.9 Å². The molecule has 28 heavy (non-hydrogen) atoms. The number of likely N-dealkylation sites (tertiary alicyclic amines) is 1. The molecule has 1 fully saturated rings. The van der Waals surface area contributed by atoms with Crippen molar-refractivity contribution in [2.24, 2.45) is 0 Å². The zero-order valence-corrected chi connectivity index (χ0v) is 16.5.